The molecule has 12 rings (SSSR count). The summed E-state index contributed by atoms with van der Waals surface area (Å²) >= 11 is 1.86. The zero-order valence-electron chi connectivity index (χ0n) is 27.8. The third-order valence-corrected chi connectivity index (χ3v) is 12.1. The maximum atomic E-state index is 5.45. The molecule has 0 fully saturated rings. The molecule has 0 radical (unpaired) electrons. The number of para-hydroxylation sites is 2. The van der Waals surface area contributed by atoms with Crippen molar-refractivity contribution in [1.82, 2.24) is 14.5 Å². The summed E-state index contributed by atoms with van der Waals surface area (Å²) in [6, 6.07) is 59.3. The molecule has 0 N–H and O–H groups in total. The van der Waals surface area contributed by atoms with Crippen LogP contribution < -0.4 is 0 Å². The molecule has 52 heavy (non-hydrogen) atoms. The molecule has 0 saturated carbocycles. The van der Waals surface area contributed by atoms with E-state index in [1.54, 1.807) is 0 Å². The van der Waals surface area contributed by atoms with Gasteiger partial charge in [-0.05, 0) is 80.8 Å². The zero-order valence-corrected chi connectivity index (χ0v) is 28.7. The van der Waals surface area contributed by atoms with Crippen LogP contribution in [-0.2, 0) is 0 Å². The number of rotatable bonds is 3. The first-order chi connectivity index (χ1) is 25.8. The Morgan fingerprint density at radius 2 is 1.12 bits per heavy atom. The average Bonchev–Trinajstić information content (AvgIpc) is 3.76. The van der Waals surface area contributed by atoms with Gasteiger partial charge in [0.05, 0.1) is 33.5 Å². The molecule has 0 atom stereocenters. The lowest BCUT2D eigenvalue weighted by atomic mass is 9.89. The minimum atomic E-state index is 0.882. The summed E-state index contributed by atoms with van der Waals surface area (Å²) in [5.74, 6) is 0. The summed E-state index contributed by atoms with van der Waals surface area (Å²) in [5.41, 5.74) is 9.12. The Hall–Kier alpha value is -6.62. The fourth-order valence-corrected chi connectivity index (χ4v) is 9.79. The largest absolute Gasteiger partial charge is 0.308 e. The number of hydrogen-bond donors (Lipinski definition) is 0. The van der Waals surface area contributed by atoms with Crippen molar-refractivity contribution in [3.05, 3.63) is 164 Å². The number of benzene rings is 9. The Bertz CT molecular complexity index is 3410. The molecule has 4 heteroatoms. The first-order valence-electron chi connectivity index (χ1n) is 17.7. The highest BCUT2D eigenvalue weighted by atomic mass is 32.1. The van der Waals surface area contributed by atoms with Gasteiger partial charge in [-0.15, -0.1) is 11.3 Å². The molecule has 0 aliphatic rings. The van der Waals surface area contributed by atoms with E-state index in [2.05, 4.69) is 156 Å². The minimum absolute atomic E-state index is 0.882. The first-order valence-corrected chi connectivity index (χ1v) is 18.5. The van der Waals surface area contributed by atoms with Crippen LogP contribution in [0.1, 0.15) is 0 Å². The normalized spacial score (nSPS) is 12.2. The molecule has 240 valence electrons. The van der Waals surface area contributed by atoms with Crippen molar-refractivity contribution in [3.8, 4) is 28.2 Å². The van der Waals surface area contributed by atoms with Gasteiger partial charge in [0, 0.05) is 47.8 Å². The van der Waals surface area contributed by atoms with E-state index in [0.717, 1.165) is 44.8 Å². The van der Waals surface area contributed by atoms with E-state index in [4.69, 9.17) is 9.97 Å². The van der Waals surface area contributed by atoms with E-state index in [1.807, 2.05) is 23.5 Å². The topological polar surface area (TPSA) is 30.7 Å². The molecule has 0 unspecified atom stereocenters. The molecule has 12 aromatic rings. The molecular formula is C48H27N3S. The predicted octanol–water partition coefficient (Wildman–Crippen LogP) is 13.3. The van der Waals surface area contributed by atoms with Crippen molar-refractivity contribution in [2.45, 2.75) is 0 Å². The molecule has 0 saturated heterocycles. The highest BCUT2D eigenvalue weighted by Gasteiger charge is 2.26. The van der Waals surface area contributed by atoms with Gasteiger partial charge < -0.3 is 4.57 Å². The molecular weight excluding hydrogens is 651 g/mol. The van der Waals surface area contributed by atoms with Gasteiger partial charge in [-0.25, -0.2) is 9.97 Å². The van der Waals surface area contributed by atoms with Gasteiger partial charge in [-0.2, -0.15) is 0 Å². The van der Waals surface area contributed by atoms with Crippen molar-refractivity contribution < 1.29 is 0 Å². The Morgan fingerprint density at radius 1 is 0.423 bits per heavy atom. The van der Waals surface area contributed by atoms with Crippen LogP contribution in [0.2, 0.25) is 0 Å². The van der Waals surface area contributed by atoms with Crippen molar-refractivity contribution >= 4 is 96.7 Å². The van der Waals surface area contributed by atoms with E-state index in [0.29, 0.717) is 0 Å². The van der Waals surface area contributed by atoms with E-state index in [9.17, 15) is 0 Å². The van der Waals surface area contributed by atoms with Gasteiger partial charge in [0.1, 0.15) is 0 Å². The molecule has 3 aromatic heterocycles. The molecule has 0 aliphatic heterocycles. The summed E-state index contributed by atoms with van der Waals surface area (Å²) in [5, 5.41) is 12.7. The zero-order chi connectivity index (χ0) is 33.9. The van der Waals surface area contributed by atoms with Crippen LogP contribution in [0.15, 0.2) is 164 Å². The number of hydrogen-bond acceptors (Lipinski definition) is 3. The van der Waals surface area contributed by atoms with Crippen LogP contribution in [0.25, 0.3) is 114 Å². The Balaban J connectivity index is 1.31. The molecule has 0 spiro atoms. The lowest BCUT2D eigenvalue weighted by Crippen LogP contribution is -1.99. The lowest BCUT2D eigenvalue weighted by Gasteiger charge is -2.16. The van der Waals surface area contributed by atoms with Gasteiger partial charge in [0.25, 0.3) is 0 Å². The standard InChI is InChI=1S/C48H27N3S/c1-2-12-29(13-3-1)46-47(50-39-18-8-7-17-38(39)49-46)36-25-24-35-43-31-14-5-4-11-28(31)21-23-34(43)33-16-10-19-40-44(33)45(35)48(36)51(40)30-22-26-42-37(27-30)32-15-6-9-20-41(32)52-42/h1-27H. The Kier molecular flexibility index (Phi) is 5.65. The number of fused-ring (bicyclic) bond motifs is 9. The smallest absolute Gasteiger partial charge is 0.0994 e. The predicted molar refractivity (Wildman–Crippen MR) is 221 cm³/mol. The van der Waals surface area contributed by atoms with E-state index >= 15 is 0 Å². The third kappa shape index (κ3) is 3.79. The number of aromatic nitrogens is 3. The fraction of sp³-hybridized carbons (Fsp3) is 0. The average molecular weight is 678 g/mol. The third-order valence-electron chi connectivity index (χ3n) is 10.9. The molecule has 0 aliphatic carbocycles. The first kappa shape index (κ1) is 28.1. The van der Waals surface area contributed by atoms with Crippen LogP contribution in [0.5, 0.6) is 0 Å². The molecule has 9 aromatic carbocycles. The monoisotopic (exact) mass is 677 g/mol. The van der Waals surface area contributed by atoms with Gasteiger partial charge in [0.15, 0.2) is 0 Å². The number of nitrogens with zero attached hydrogens (tertiary/aromatic N) is 3. The quantitative estimate of drug-likeness (QED) is 0.174. The highest BCUT2D eigenvalue weighted by Crippen LogP contribution is 2.49. The lowest BCUT2D eigenvalue weighted by molar-refractivity contribution is 1.18. The van der Waals surface area contributed by atoms with Crippen molar-refractivity contribution in [2.24, 2.45) is 0 Å². The van der Waals surface area contributed by atoms with Crippen molar-refractivity contribution in [2.75, 3.05) is 0 Å². The summed E-state index contributed by atoms with van der Waals surface area (Å²) < 4.78 is 5.10. The van der Waals surface area contributed by atoms with Crippen LogP contribution in [0.3, 0.4) is 0 Å². The summed E-state index contributed by atoms with van der Waals surface area (Å²) in [6.07, 6.45) is 0. The van der Waals surface area contributed by atoms with Gasteiger partial charge in [0.2, 0.25) is 0 Å². The molecule has 3 heterocycles. The molecule has 0 amide bonds. The number of thiophene rings is 1. The van der Waals surface area contributed by atoms with E-state index in [-0.39, 0.29) is 0 Å². The minimum Gasteiger partial charge on any atom is -0.308 e. The molecule has 3 nitrogen and oxygen atoms in total. The van der Waals surface area contributed by atoms with Gasteiger partial charge in [-0.3, -0.25) is 0 Å². The summed E-state index contributed by atoms with van der Waals surface area (Å²) in [7, 11) is 0. The highest BCUT2D eigenvalue weighted by molar-refractivity contribution is 7.25. The Morgan fingerprint density at radius 3 is 2.00 bits per heavy atom. The van der Waals surface area contributed by atoms with Crippen molar-refractivity contribution in [3.63, 3.8) is 0 Å². The fourth-order valence-electron chi connectivity index (χ4n) is 8.70. The van der Waals surface area contributed by atoms with Crippen LogP contribution >= 0.6 is 11.3 Å². The second-order valence-corrected chi connectivity index (χ2v) is 14.8. The van der Waals surface area contributed by atoms with E-state index in [1.165, 1.54) is 68.8 Å². The summed E-state index contributed by atoms with van der Waals surface area (Å²) in [6.45, 7) is 0. The van der Waals surface area contributed by atoms with E-state index < -0.39 is 0 Å². The van der Waals surface area contributed by atoms with Crippen LogP contribution in [-0.4, -0.2) is 14.5 Å². The maximum absolute atomic E-state index is 5.45. The second-order valence-electron chi connectivity index (χ2n) is 13.7. The summed E-state index contributed by atoms with van der Waals surface area (Å²) in [4.78, 5) is 10.8. The van der Waals surface area contributed by atoms with Gasteiger partial charge in [-0.1, -0.05) is 115 Å². The SMILES string of the molecule is c1ccc(-c2nc3ccccc3nc2-c2ccc3c4c5ccccc5ccc4c4cccc5c4c3c2n5-c2ccc3sc4ccccc4c3c2)cc1. The maximum Gasteiger partial charge on any atom is 0.0994 e. The van der Waals surface area contributed by atoms with Gasteiger partial charge >= 0.3 is 0 Å². The molecule has 0 bridgehead atoms. The van der Waals surface area contributed by atoms with Crippen LogP contribution in [0.4, 0.5) is 0 Å². The second kappa shape index (κ2) is 10.5. The Labute approximate surface area is 302 Å². The van der Waals surface area contributed by atoms with Crippen LogP contribution in [0, 0.1) is 0 Å². The van der Waals surface area contributed by atoms with Crippen molar-refractivity contribution in [1.29, 1.82) is 0 Å².